The number of hydrogen-bond acceptors (Lipinski definition) is 3. The molecule has 6 heteroatoms. The van der Waals surface area contributed by atoms with E-state index in [1.54, 1.807) is 24.3 Å². The van der Waals surface area contributed by atoms with Crippen LogP contribution in [0.2, 0.25) is 0 Å². The molecule has 2 aromatic carbocycles. The molecule has 1 aliphatic rings. The quantitative estimate of drug-likeness (QED) is 0.872. The molecule has 144 valence electrons. The molecule has 1 heterocycles. The first-order valence-corrected chi connectivity index (χ1v) is 10.7. The molecule has 5 nitrogen and oxygen atoms in total. The number of para-hydroxylation sites is 1. The highest BCUT2D eigenvalue weighted by atomic mass is 32.2. The van der Waals surface area contributed by atoms with Crippen LogP contribution in [0.4, 0.5) is 5.69 Å². The second kappa shape index (κ2) is 7.82. The zero-order chi connectivity index (χ0) is 19.6. The standard InChI is InChI=1S/C21H26N2O3S/c1-15-9-11-19(12-10-15)27(25,26)23-13-5-8-18(14-23)21(24)22-20-16(2)6-4-7-17(20)3/h4,6-7,9-12,18H,5,8,13-14H2,1-3H3,(H,22,24)/t18-/m1/s1. The van der Waals surface area contributed by atoms with Gasteiger partial charge in [0.15, 0.2) is 0 Å². The van der Waals surface area contributed by atoms with Crippen molar-refractivity contribution in [2.75, 3.05) is 18.4 Å². The van der Waals surface area contributed by atoms with Crippen LogP contribution in [-0.4, -0.2) is 31.7 Å². The van der Waals surface area contributed by atoms with Gasteiger partial charge in [0.2, 0.25) is 15.9 Å². The maximum Gasteiger partial charge on any atom is 0.243 e. The van der Waals surface area contributed by atoms with E-state index in [0.29, 0.717) is 19.4 Å². The Bertz CT molecular complexity index is 916. The van der Waals surface area contributed by atoms with Crippen molar-refractivity contribution in [2.45, 2.75) is 38.5 Å². The Balaban J connectivity index is 1.75. The van der Waals surface area contributed by atoms with E-state index in [1.165, 1.54) is 4.31 Å². The van der Waals surface area contributed by atoms with E-state index in [-0.39, 0.29) is 23.3 Å². The van der Waals surface area contributed by atoms with Crippen molar-refractivity contribution in [2.24, 2.45) is 5.92 Å². The minimum absolute atomic E-state index is 0.115. The minimum atomic E-state index is -3.58. The van der Waals surface area contributed by atoms with Crippen LogP contribution in [0, 0.1) is 26.7 Å². The molecule has 0 aromatic heterocycles. The van der Waals surface area contributed by atoms with Gasteiger partial charge in [-0.1, -0.05) is 35.9 Å². The van der Waals surface area contributed by atoms with Gasteiger partial charge in [0.05, 0.1) is 10.8 Å². The molecule has 27 heavy (non-hydrogen) atoms. The van der Waals surface area contributed by atoms with Crippen LogP contribution in [0.1, 0.15) is 29.5 Å². The zero-order valence-electron chi connectivity index (χ0n) is 16.0. The van der Waals surface area contributed by atoms with Gasteiger partial charge in [-0.3, -0.25) is 4.79 Å². The molecule has 1 atom stereocenters. The van der Waals surface area contributed by atoms with E-state index < -0.39 is 10.0 Å². The molecule has 0 unspecified atom stereocenters. The molecular weight excluding hydrogens is 360 g/mol. The Morgan fingerprint density at radius 1 is 1.04 bits per heavy atom. The molecule has 0 radical (unpaired) electrons. The summed E-state index contributed by atoms with van der Waals surface area (Å²) in [6.07, 6.45) is 1.37. The molecule has 1 aliphatic heterocycles. The van der Waals surface area contributed by atoms with Crippen LogP contribution < -0.4 is 5.32 Å². The summed E-state index contributed by atoms with van der Waals surface area (Å²) in [4.78, 5) is 13.1. The molecule has 1 amide bonds. The predicted octanol–water partition coefficient (Wildman–Crippen LogP) is 3.65. The average molecular weight is 387 g/mol. The lowest BCUT2D eigenvalue weighted by atomic mass is 9.98. The van der Waals surface area contributed by atoms with Gasteiger partial charge < -0.3 is 5.32 Å². The molecular formula is C21H26N2O3S. The van der Waals surface area contributed by atoms with Gasteiger partial charge in [-0.05, 0) is 56.9 Å². The molecule has 3 rings (SSSR count). The number of sulfonamides is 1. The monoisotopic (exact) mass is 386 g/mol. The van der Waals surface area contributed by atoms with E-state index in [2.05, 4.69) is 5.32 Å². The van der Waals surface area contributed by atoms with Crippen molar-refractivity contribution in [3.63, 3.8) is 0 Å². The first kappa shape index (κ1) is 19.6. The smallest absolute Gasteiger partial charge is 0.243 e. The number of nitrogens with zero attached hydrogens (tertiary/aromatic N) is 1. The van der Waals surface area contributed by atoms with Crippen molar-refractivity contribution in [3.8, 4) is 0 Å². The summed E-state index contributed by atoms with van der Waals surface area (Å²) < 4.78 is 27.3. The Morgan fingerprint density at radius 2 is 1.67 bits per heavy atom. The lowest BCUT2D eigenvalue weighted by Crippen LogP contribution is -2.43. The Kier molecular flexibility index (Phi) is 5.67. The van der Waals surface area contributed by atoms with Gasteiger partial charge >= 0.3 is 0 Å². The van der Waals surface area contributed by atoms with Crippen LogP contribution >= 0.6 is 0 Å². The van der Waals surface area contributed by atoms with Gasteiger partial charge in [0.25, 0.3) is 0 Å². The highest BCUT2D eigenvalue weighted by molar-refractivity contribution is 7.89. The third kappa shape index (κ3) is 4.22. The molecule has 0 saturated carbocycles. The largest absolute Gasteiger partial charge is 0.325 e. The first-order valence-electron chi connectivity index (χ1n) is 9.23. The summed E-state index contributed by atoms with van der Waals surface area (Å²) in [7, 11) is -3.58. The van der Waals surface area contributed by atoms with Crippen molar-refractivity contribution >= 4 is 21.6 Å². The van der Waals surface area contributed by atoms with Crippen molar-refractivity contribution < 1.29 is 13.2 Å². The van der Waals surface area contributed by atoms with Gasteiger partial charge in [-0.2, -0.15) is 4.31 Å². The maximum atomic E-state index is 12.9. The topological polar surface area (TPSA) is 66.5 Å². The number of carbonyl (C=O) groups is 1. The van der Waals surface area contributed by atoms with Crippen molar-refractivity contribution in [1.82, 2.24) is 4.31 Å². The van der Waals surface area contributed by atoms with Gasteiger partial charge in [-0.15, -0.1) is 0 Å². The highest BCUT2D eigenvalue weighted by Crippen LogP contribution is 2.26. The maximum absolute atomic E-state index is 12.9. The van der Waals surface area contributed by atoms with Crippen molar-refractivity contribution in [1.29, 1.82) is 0 Å². The number of rotatable bonds is 4. The van der Waals surface area contributed by atoms with E-state index in [4.69, 9.17) is 0 Å². The summed E-state index contributed by atoms with van der Waals surface area (Å²) in [5, 5.41) is 3.01. The van der Waals surface area contributed by atoms with Gasteiger partial charge in [0.1, 0.15) is 0 Å². The van der Waals surface area contributed by atoms with E-state index in [1.807, 2.05) is 39.0 Å². The zero-order valence-corrected chi connectivity index (χ0v) is 16.8. The number of hydrogen-bond donors (Lipinski definition) is 1. The molecule has 1 N–H and O–H groups in total. The lowest BCUT2D eigenvalue weighted by molar-refractivity contribution is -0.120. The highest BCUT2D eigenvalue weighted by Gasteiger charge is 2.33. The molecule has 0 bridgehead atoms. The number of aryl methyl sites for hydroxylation is 3. The summed E-state index contributed by atoms with van der Waals surface area (Å²) in [6, 6.07) is 12.7. The lowest BCUT2D eigenvalue weighted by Gasteiger charge is -2.31. The van der Waals surface area contributed by atoms with Gasteiger partial charge in [0, 0.05) is 18.8 Å². The van der Waals surface area contributed by atoms with E-state index >= 15 is 0 Å². The Labute approximate surface area is 161 Å². The third-order valence-electron chi connectivity index (χ3n) is 5.14. The fourth-order valence-corrected chi connectivity index (χ4v) is 4.99. The summed E-state index contributed by atoms with van der Waals surface area (Å²) in [6.45, 7) is 6.50. The Hall–Kier alpha value is -2.18. The molecule has 1 fully saturated rings. The predicted molar refractivity (Wildman–Crippen MR) is 107 cm³/mol. The second-order valence-corrected chi connectivity index (χ2v) is 9.21. The normalized spacial score (nSPS) is 18.3. The number of anilines is 1. The minimum Gasteiger partial charge on any atom is -0.325 e. The SMILES string of the molecule is Cc1ccc(S(=O)(=O)N2CCC[C@@H](C(=O)Nc3c(C)cccc3C)C2)cc1. The summed E-state index contributed by atoms with van der Waals surface area (Å²) >= 11 is 0. The van der Waals surface area contributed by atoms with Crippen LogP contribution in [0.25, 0.3) is 0 Å². The van der Waals surface area contributed by atoms with Crippen LogP contribution in [0.5, 0.6) is 0 Å². The van der Waals surface area contributed by atoms with Crippen LogP contribution in [0.3, 0.4) is 0 Å². The van der Waals surface area contributed by atoms with E-state index in [0.717, 1.165) is 22.4 Å². The second-order valence-electron chi connectivity index (χ2n) is 7.27. The number of nitrogens with one attached hydrogen (secondary N) is 1. The fraction of sp³-hybridized carbons (Fsp3) is 0.381. The summed E-state index contributed by atoms with van der Waals surface area (Å²) in [5.74, 6) is -0.464. The number of carbonyl (C=O) groups excluding carboxylic acids is 1. The molecule has 0 spiro atoms. The average Bonchev–Trinajstić information content (AvgIpc) is 2.65. The third-order valence-corrected chi connectivity index (χ3v) is 7.02. The molecule has 2 aromatic rings. The van der Waals surface area contributed by atoms with Crippen molar-refractivity contribution in [3.05, 3.63) is 59.2 Å². The van der Waals surface area contributed by atoms with Crippen LogP contribution in [0.15, 0.2) is 47.4 Å². The fourth-order valence-electron chi connectivity index (χ4n) is 3.47. The van der Waals surface area contributed by atoms with Gasteiger partial charge in [-0.25, -0.2) is 8.42 Å². The number of benzene rings is 2. The number of amides is 1. The van der Waals surface area contributed by atoms with Crippen LogP contribution in [-0.2, 0) is 14.8 Å². The number of piperidine rings is 1. The summed E-state index contributed by atoms with van der Waals surface area (Å²) in [5.41, 5.74) is 3.84. The first-order chi connectivity index (χ1) is 12.8. The Morgan fingerprint density at radius 3 is 2.30 bits per heavy atom. The molecule has 1 saturated heterocycles. The molecule has 0 aliphatic carbocycles. The van der Waals surface area contributed by atoms with E-state index in [9.17, 15) is 13.2 Å².